The number of anilines is 1. The third-order valence-corrected chi connectivity index (χ3v) is 3.68. The van der Waals surface area contributed by atoms with Gasteiger partial charge >= 0.3 is 0 Å². The van der Waals surface area contributed by atoms with Gasteiger partial charge in [0.1, 0.15) is 5.75 Å². The summed E-state index contributed by atoms with van der Waals surface area (Å²) in [6.45, 7) is -0.177. The number of oxazole rings is 1. The molecule has 0 spiro atoms. The van der Waals surface area contributed by atoms with E-state index in [2.05, 4.69) is 10.3 Å². The Morgan fingerprint density at radius 2 is 1.96 bits per heavy atom. The number of nitrogens with zero attached hydrogens (tertiary/aromatic N) is 1. The number of amides is 1. The van der Waals surface area contributed by atoms with Crippen LogP contribution in [-0.2, 0) is 4.79 Å². The summed E-state index contributed by atoms with van der Waals surface area (Å²) in [4.78, 5) is 15.8. The Morgan fingerprint density at radius 3 is 2.67 bits per heavy atom. The monoisotopic (exact) mass is 362 g/mol. The molecule has 0 saturated carbocycles. The van der Waals surface area contributed by atoms with Gasteiger partial charge in [0.25, 0.3) is 5.91 Å². The van der Waals surface area contributed by atoms with Crippen molar-refractivity contribution in [1.29, 1.82) is 0 Å². The van der Waals surface area contributed by atoms with Gasteiger partial charge in [-0.05, 0) is 36.4 Å². The highest BCUT2D eigenvalue weighted by molar-refractivity contribution is 6.34. The lowest BCUT2D eigenvalue weighted by Crippen LogP contribution is -2.20. The molecule has 0 bridgehead atoms. The molecule has 3 rings (SSSR count). The first kappa shape index (κ1) is 16.4. The predicted molar refractivity (Wildman–Crippen MR) is 92.5 cm³/mol. The van der Waals surface area contributed by atoms with Crippen molar-refractivity contribution < 1.29 is 13.9 Å². The Hall–Kier alpha value is -2.50. The summed E-state index contributed by atoms with van der Waals surface area (Å²) in [5.41, 5.74) is 1.51. The Morgan fingerprint density at radius 1 is 1.17 bits per heavy atom. The van der Waals surface area contributed by atoms with Crippen molar-refractivity contribution in [2.45, 2.75) is 0 Å². The van der Waals surface area contributed by atoms with Crippen molar-refractivity contribution in [2.24, 2.45) is 0 Å². The number of benzene rings is 2. The first-order chi connectivity index (χ1) is 11.6. The average molecular weight is 363 g/mol. The topological polar surface area (TPSA) is 64.4 Å². The van der Waals surface area contributed by atoms with E-state index in [1.165, 1.54) is 6.39 Å². The highest BCUT2D eigenvalue weighted by atomic mass is 35.5. The Kier molecular flexibility index (Phi) is 5.03. The van der Waals surface area contributed by atoms with E-state index in [0.29, 0.717) is 27.2 Å². The van der Waals surface area contributed by atoms with Crippen molar-refractivity contribution >= 4 is 34.8 Å². The molecule has 122 valence electrons. The van der Waals surface area contributed by atoms with Crippen LogP contribution in [0.1, 0.15) is 0 Å². The number of rotatable bonds is 5. The Bertz CT molecular complexity index is 834. The van der Waals surface area contributed by atoms with Crippen LogP contribution in [0.2, 0.25) is 10.0 Å². The molecule has 0 saturated heterocycles. The molecule has 1 aromatic heterocycles. The first-order valence-electron chi connectivity index (χ1n) is 6.98. The molecule has 7 heteroatoms. The van der Waals surface area contributed by atoms with Crippen molar-refractivity contribution in [2.75, 3.05) is 11.9 Å². The van der Waals surface area contributed by atoms with Gasteiger partial charge in [-0.3, -0.25) is 4.79 Å². The molecule has 0 aliphatic rings. The maximum atomic E-state index is 12.0. The standard InChI is InChI=1S/C17H12Cl2N2O3/c18-12-3-6-14(19)15(7-12)23-9-17(22)21-13-4-1-11(2-5-13)16-8-20-10-24-16/h1-8,10H,9H2,(H,21,22). The molecular weight excluding hydrogens is 351 g/mol. The maximum Gasteiger partial charge on any atom is 0.262 e. The zero-order valence-electron chi connectivity index (χ0n) is 12.3. The molecule has 1 amide bonds. The van der Waals surface area contributed by atoms with E-state index >= 15 is 0 Å². The lowest BCUT2D eigenvalue weighted by molar-refractivity contribution is -0.118. The third-order valence-electron chi connectivity index (χ3n) is 3.14. The lowest BCUT2D eigenvalue weighted by Gasteiger charge is -2.09. The minimum Gasteiger partial charge on any atom is -0.482 e. The van der Waals surface area contributed by atoms with E-state index in [9.17, 15) is 4.79 Å². The number of hydrogen-bond acceptors (Lipinski definition) is 4. The van der Waals surface area contributed by atoms with Crippen LogP contribution >= 0.6 is 23.2 Å². The fourth-order valence-electron chi connectivity index (χ4n) is 2.00. The van der Waals surface area contributed by atoms with Crippen LogP contribution in [-0.4, -0.2) is 17.5 Å². The van der Waals surface area contributed by atoms with Crippen molar-refractivity contribution in [3.8, 4) is 17.1 Å². The minimum atomic E-state index is -0.307. The molecule has 0 aliphatic heterocycles. The second kappa shape index (κ2) is 7.38. The second-order valence-electron chi connectivity index (χ2n) is 4.85. The van der Waals surface area contributed by atoms with E-state index in [1.807, 2.05) is 12.1 Å². The van der Waals surface area contributed by atoms with Crippen LogP contribution in [0.15, 0.2) is 59.5 Å². The molecule has 24 heavy (non-hydrogen) atoms. The molecule has 5 nitrogen and oxygen atoms in total. The zero-order chi connectivity index (χ0) is 16.9. The lowest BCUT2D eigenvalue weighted by atomic mass is 10.2. The number of hydrogen-bond donors (Lipinski definition) is 1. The molecular formula is C17H12Cl2N2O3. The van der Waals surface area contributed by atoms with Gasteiger partial charge in [0.05, 0.1) is 11.2 Å². The predicted octanol–water partition coefficient (Wildman–Crippen LogP) is 4.67. The van der Waals surface area contributed by atoms with Crippen molar-refractivity contribution in [1.82, 2.24) is 4.98 Å². The molecule has 0 radical (unpaired) electrons. The summed E-state index contributed by atoms with van der Waals surface area (Å²) in [6, 6.07) is 12.0. The molecule has 0 unspecified atom stereocenters. The molecule has 0 aliphatic carbocycles. The van der Waals surface area contributed by atoms with Gasteiger partial charge < -0.3 is 14.5 Å². The summed E-state index contributed by atoms with van der Waals surface area (Å²) in [7, 11) is 0. The molecule has 3 aromatic rings. The minimum absolute atomic E-state index is 0.177. The molecule has 1 heterocycles. The third kappa shape index (κ3) is 4.07. The van der Waals surface area contributed by atoms with E-state index in [-0.39, 0.29) is 12.5 Å². The van der Waals surface area contributed by atoms with Gasteiger partial charge in [-0.1, -0.05) is 23.2 Å². The fraction of sp³-hybridized carbons (Fsp3) is 0.0588. The highest BCUT2D eigenvalue weighted by Gasteiger charge is 2.08. The van der Waals surface area contributed by atoms with Gasteiger partial charge in [0.15, 0.2) is 18.8 Å². The van der Waals surface area contributed by atoms with Crippen LogP contribution in [0.4, 0.5) is 5.69 Å². The van der Waals surface area contributed by atoms with Crippen molar-refractivity contribution in [3.05, 3.63) is 65.1 Å². The van der Waals surface area contributed by atoms with Gasteiger partial charge in [0.2, 0.25) is 0 Å². The number of nitrogens with one attached hydrogen (secondary N) is 1. The van der Waals surface area contributed by atoms with E-state index in [1.54, 1.807) is 36.5 Å². The van der Waals surface area contributed by atoms with E-state index < -0.39 is 0 Å². The SMILES string of the molecule is O=C(COc1cc(Cl)ccc1Cl)Nc1ccc(-c2cnco2)cc1. The van der Waals surface area contributed by atoms with Crippen molar-refractivity contribution in [3.63, 3.8) is 0 Å². The molecule has 0 atom stereocenters. The van der Waals surface area contributed by atoms with Crippen LogP contribution in [0.25, 0.3) is 11.3 Å². The number of aromatic nitrogens is 1. The highest BCUT2D eigenvalue weighted by Crippen LogP contribution is 2.27. The molecule has 0 fully saturated rings. The van der Waals surface area contributed by atoms with Gasteiger partial charge in [-0.2, -0.15) is 0 Å². The van der Waals surface area contributed by atoms with Crippen LogP contribution in [0, 0.1) is 0 Å². The maximum absolute atomic E-state index is 12.0. The zero-order valence-corrected chi connectivity index (χ0v) is 13.8. The summed E-state index contributed by atoms with van der Waals surface area (Å²) in [5.74, 6) is 0.713. The average Bonchev–Trinajstić information content (AvgIpc) is 3.11. The molecule has 1 N–H and O–H groups in total. The fourth-order valence-corrected chi connectivity index (χ4v) is 2.34. The Balaban J connectivity index is 1.58. The van der Waals surface area contributed by atoms with Crippen LogP contribution in [0.5, 0.6) is 5.75 Å². The number of carbonyl (C=O) groups excluding carboxylic acids is 1. The van der Waals surface area contributed by atoms with Gasteiger partial charge in [0, 0.05) is 22.3 Å². The number of carbonyl (C=O) groups is 1. The molecule has 2 aromatic carbocycles. The van der Waals surface area contributed by atoms with Crippen LogP contribution < -0.4 is 10.1 Å². The summed E-state index contributed by atoms with van der Waals surface area (Å²) < 4.78 is 10.6. The second-order valence-corrected chi connectivity index (χ2v) is 5.70. The Labute approximate surface area is 148 Å². The van der Waals surface area contributed by atoms with Gasteiger partial charge in [-0.25, -0.2) is 4.98 Å². The number of halogens is 2. The summed E-state index contributed by atoms with van der Waals surface area (Å²) >= 11 is 11.8. The summed E-state index contributed by atoms with van der Waals surface area (Å²) in [6.07, 6.45) is 2.99. The van der Waals surface area contributed by atoms with Crippen LogP contribution in [0.3, 0.4) is 0 Å². The van der Waals surface area contributed by atoms with E-state index in [0.717, 1.165) is 5.56 Å². The number of ether oxygens (including phenoxy) is 1. The van der Waals surface area contributed by atoms with Gasteiger partial charge in [-0.15, -0.1) is 0 Å². The quantitative estimate of drug-likeness (QED) is 0.716. The smallest absolute Gasteiger partial charge is 0.262 e. The summed E-state index contributed by atoms with van der Waals surface area (Å²) in [5, 5.41) is 3.61. The normalized spacial score (nSPS) is 10.4. The van der Waals surface area contributed by atoms with E-state index in [4.69, 9.17) is 32.4 Å². The first-order valence-corrected chi connectivity index (χ1v) is 7.74. The largest absolute Gasteiger partial charge is 0.482 e.